The number of anilines is 1. The van der Waals surface area contributed by atoms with Gasteiger partial charge in [-0.1, -0.05) is 0 Å². The van der Waals surface area contributed by atoms with Gasteiger partial charge in [-0.2, -0.15) is 5.10 Å². The third kappa shape index (κ3) is 4.80. The predicted molar refractivity (Wildman–Crippen MR) is 82.8 cm³/mol. The van der Waals surface area contributed by atoms with Crippen molar-refractivity contribution in [3.63, 3.8) is 0 Å². The van der Waals surface area contributed by atoms with E-state index in [9.17, 15) is 4.79 Å². The Morgan fingerprint density at radius 1 is 1.30 bits per heavy atom. The second kappa shape index (κ2) is 9.30. The SMILES string of the molecule is Cl.Cl.NCCCC(=O)Nc1cccnc1-n1cccn1. The summed E-state index contributed by atoms with van der Waals surface area (Å²) in [4.78, 5) is 15.9. The summed E-state index contributed by atoms with van der Waals surface area (Å²) in [6, 6.07) is 5.37. The molecule has 0 saturated carbocycles. The van der Waals surface area contributed by atoms with Crippen LogP contribution in [0, 0.1) is 0 Å². The molecule has 8 heteroatoms. The second-order valence-corrected chi connectivity index (χ2v) is 3.77. The van der Waals surface area contributed by atoms with Crippen LogP contribution in [-0.4, -0.2) is 27.2 Å². The molecule has 0 bridgehead atoms. The summed E-state index contributed by atoms with van der Waals surface area (Å²) in [6.45, 7) is 0.506. The summed E-state index contributed by atoms with van der Waals surface area (Å²) >= 11 is 0. The molecule has 0 fully saturated rings. The molecule has 0 unspecified atom stereocenters. The minimum Gasteiger partial charge on any atom is -0.330 e. The fourth-order valence-electron chi connectivity index (χ4n) is 1.55. The zero-order valence-electron chi connectivity index (χ0n) is 10.7. The fraction of sp³-hybridized carbons (Fsp3) is 0.250. The Bertz CT molecular complexity index is 518. The lowest BCUT2D eigenvalue weighted by Gasteiger charge is -2.09. The number of carbonyl (C=O) groups excluding carboxylic acids is 1. The molecule has 0 atom stereocenters. The van der Waals surface area contributed by atoms with Crippen LogP contribution < -0.4 is 11.1 Å². The van der Waals surface area contributed by atoms with Gasteiger partial charge in [-0.15, -0.1) is 24.8 Å². The number of nitrogens with zero attached hydrogens (tertiary/aromatic N) is 3. The van der Waals surface area contributed by atoms with Crippen molar-refractivity contribution in [2.45, 2.75) is 12.8 Å². The highest BCUT2D eigenvalue weighted by atomic mass is 35.5. The molecule has 0 saturated heterocycles. The summed E-state index contributed by atoms with van der Waals surface area (Å²) in [5.41, 5.74) is 6.01. The first-order chi connectivity index (χ1) is 8.81. The third-order valence-electron chi connectivity index (χ3n) is 2.39. The third-order valence-corrected chi connectivity index (χ3v) is 2.39. The monoisotopic (exact) mass is 317 g/mol. The molecule has 2 rings (SSSR count). The molecule has 0 aliphatic carbocycles. The number of hydrogen-bond donors (Lipinski definition) is 2. The Labute approximate surface area is 129 Å². The molecule has 0 aliphatic rings. The smallest absolute Gasteiger partial charge is 0.224 e. The molecule has 0 radical (unpaired) electrons. The number of carbonyl (C=O) groups is 1. The van der Waals surface area contributed by atoms with Crippen molar-refractivity contribution in [1.82, 2.24) is 14.8 Å². The summed E-state index contributed by atoms with van der Waals surface area (Å²) in [6.07, 6.45) is 6.17. The van der Waals surface area contributed by atoms with Gasteiger partial charge in [-0.05, 0) is 31.2 Å². The van der Waals surface area contributed by atoms with Gasteiger partial charge < -0.3 is 11.1 Å². The number of hydrogen-bond acceptors (Lipinski definition) is 4. The number of nitrogens with two attached hydrogens (primary N) is 1. The van der Waals surface area contributed by atoms with Crippen molar-refractivity contribution in [2.75, 3.05) is 11.9 Å². The molecule has 2 aromatic rings. The van der Waals surface area contributed by atoms with Crippen LogP contribution >= 0.6 is 24.8 Å². The lowest BCUT2D eigenvalue weighted by Crippen LogP contribution is -2.15. The zero-order chi connectivity index (χ0) is 12.8. The van der Waals surface area contributed by atoms with Crippen molar-refractivity contribution in [1.29, 1.82) is 0 Å². The highest BCUT2D eigenvalue weighted by Gasteiger charge is 2.08. The maximum Gasteiger partial charge on any atom is 0.224 e. The number of halogens is 2. The minimum atomic E-state index is -0.0677. The summed E-state index contributed by atoms with van der Waals surface area (Å²) in [7, 11) is 0. The molecule has 1 amide bonds. The van der Waals surface area contributed by atoms with E-state index in [-0.39, 0.29) is 30.7 Å². The molecule has 2 heterocycles. The van der Waals surface area contributed by atoms with Gasteiger partial charge in [0.05, 0.1) is 5.69 Å². The summed E-state index contributed by atoms with van der Waals surface area (Å²) < 4.78 is 1.61. The topological polar surface area (TPSA) is 85.8 Å². The van der Waals surface area contributed by atoms with Gasteiger partial charge in [0, 0.05) is 25.0 Å². The maximum atomic E-state index is 11.7. The maximum absolute atomic E-state index is 11.7. The van der Waals surface area contributed by atoms with Gasteiger partial charge >= 0.3 is 0 Å². The molecule has 3 N–H and O–H groups in total. The zero-order valence-corrected chi connectivity index (χ0v) is 12.4. The van der Waals surface area contributed by atoms with Crippen LogP contribution in [0.2, 0.25) is 0 Å². The van der Waals surface area contributed by atoms with Gasteiger partial charge in [0.25, 0.3) is 0 Å². The van der Waals surface area contributed by atoms with E-state index in [1.54, 1.807) is 41.5 Å². The normalized spacial score (nSPS) is 9.25. The fourth-order valence-corrected chi connectivity index (χ4v) is 1.55. The van der Waals surface area contributed by atoms with Crippen molar-refractivity contribution in [3.05, 3.63) is 36.8 Å². The van der Waals surface area contributed by atoms with Crippen molar-refractivity contribution >= 4 is 36.4 Å². The van der Waals surface area contributed by atoms with Crippen LogP contribution in [0.4, 0.5) is 5.69 Å². The molecular weight excluding hydrogens is 301 g/mol. The minimum absolute atomic E-state index is 0. The molecule has 0 aliphatic heterocycles. The van der Waals surface area contributed by atoms with Crippen molar-refractivity contribution < 1.29 is 4.79 Å². The molecule has 0 aromatic carbocycles. The van der Waals surface area contributed by atoms with Gasteiger partial charge in [0.15, 0.2) is 5.82 Å². The van der Waals surface area contributed by atoms with E-state index in [1.165, 1.54) is 0 Å². The van der Waals surface area contributed by atoms with E-state index in [0.29, 0.717) is 30.9 Å². The van der Waals surface area contributed by atoms with E-state index in [2.05, 4.69) is 15.4 Å². The largest absolute Gasteiger partial charge is 0.330 e. The Balaban J connectivity index is 0.00000180. The number of pyridine rings is 1. The number of rotatable bonds is 5. The number of aromatic nitrogens is 3. The van der Waals surface area contributed by atoms with Crippen molar-refractivity contribution in [3.8, 4) is 5.82 Å². The first kappa shape index (κ1) is 18.4. The van der Waals surface area contributed by atoms with E-state index < -0.39 is 0 Å². The predicted octanol–water partition coefficient (Wildman–Crippen LogP) is 1.79. The summed E-state index contributed by atoms with van der Waals surface area (Å²) in [5.74, 6) is 0.533. The Kier molecular flexibility index (Phi) is 8.54. The molecule has 2 aromatic heterocycles. The molecular formula is C12H17Cl2N5O. The van der Waals surface area contributed by atoms with Crippen molar-refractivity contribution in [2.24, 2.45) is 5.73 Å². The van der Waals surface area contributed by atoms with E-state index in [1.807, 2.05) is 0 Å². The Morgan fingerprint density at radius 2 is 2.10 bits per heavy atom. The lowest BCUT2D eigenvalue weighted by atomic mass is 10.3. The van der Waals surface area contributed by atoms with Gasteiger partial charge in [-0.25, -0.2) is 9.67 Å². The summed E-state index contributed by atoms with van der Waals surface area (Å²) in [5, 5.41) is 6.92. The van der Waals surface area contributed by atoms with E-state index in [4.69, 9.17) is 5.73 Å². The van der Waals surface area contributed by atoms with E-state index in [0.717, 1.165) is 0 Å². The Hall–Kier alpha value is -1.63. The lowest BCUT2D eigenvalue weighted by molar-refractivity contribution is -0.116. The van der Waals surface area contributed by atoms with Gasteiger partial charge in [0.1, 0.15) is 0 Å². The molecule has 6 nitrogen and oxygen atoms in total. The molecule has 0 spiro atoms. The average molecular weight is 318 g/mol. The quantitative estimate of drug-likeness (QED) is 0.880. The standard InChI is InChI=1S/C12H15N5O.2ClH/c13-6-1-5-11(18)16-10-4-2-7-14-12(10)17-9-3-8-15-17;;/h2-4,7-9H,1,5-6,13H2,(H,16,18);2*1H. The molecule has 110 valence electrons. The van der Waals surface area contributed by atoms with Crippen LogP contribution in [0.1, 0.15) is 12.8 Å². The van der Waals surface area contributed by atoms with Gasteiger partial charge in [-0.3, -0.25) is 4.79 Å². The van der Waals surface area contributed by atoms with Crippen LogP contribution in [0.25, 0.3) is 5.82 Å². The average Bonchev–Trinajstić information content (AvgIpc) is 2.91. The van der Waals surface area contributed by atoms with Crippen LogP contribution in [0.15, 0.2) is 36.8 Å². The Morgan fingerprint density at radius 3 is 2.75 bits per heavy atom. The number of nitrogens with one attached hydrogen (secondary N) is 1. The van der Waals surface area contributed by atoms with Crippen LogP contribution in [-0.2, 0) is 4.79 Å². The van der Waals surface area contributed by atoms with E-state index >= 15 is 0 Å². The highest BCUT2D eigenvalue weighted by Crippen LogP contribution is 2.16. The highest BCUT2D eigenvalue weighted by molar-refractivity contribution is 5.92. The first-order valence-electron chi connectivity index (χ1n) is 5.76. The van der Waals surface area contributed by atoms with Crippen LogP contribution in [0.5, 0.6) is 0 Å². The van der Waals surface area contributed by atoms with Crippen LogP contribution in [0.3, 0.4) is 0 Å². The first-order valence-corrected chi connectivity index (χ1v) is 5.76. The molecule has 20 heavy (non-hydrogen) atoms. The number of amides is 1. The second-order valence-electron chi connectivity index (χ2n) is 3.77. The van der Waals surface area contributed by atoms with Gasteiger partial charge in [0.2, 0.25) is 5.91 Å².